The van der Waals surface area contributed by atoms with Gasteiger partial charge in [-0.05, 0) is 55.3 Å². The smallest absolute Gasteiger partial charge is 0.119 e. The molecule has 0 aliphatic carbocycles. The van der Waals surface area contributed by atoms with Gasteiger partial charge in [0, 0.05) is 6.04 Å². The van der Waals surface area contributed by atoms with Crippen molar-refractivity contribution in [2.24, 2.45) is 0 Å². The van der Waals surface area contributed by atoms with Gasteiger partial charge in [0.2, 0.25) is 0 Å². The van der Waals surface area contributed by atoms with Crippen LogP contribution in [0.5, 0.6) is 11.5 Å². The fourth-order valence-electron chi connectivity index (χ4n) is 2.25. The second-order valence-corrected chi connectivity index (χ2v) is 5.05. The van der Waals surface area contributed by atoms with Crippen molar-refractivity contribution in [3.8, 4) is 11.5 Å². The summed E-state index contributed by atoms with van der Waals surface area (Å²) in [6.07, 6.45) is 0.998. The van der Waals surface area contributed by atoms with E-state index in [4.69, 9.17) is 9.47 Å². The van der Waals surface area contributed by atoms with Crippen molar-refractivity contribution in [3.63, 3.8) is 0 Å². The second kappa shape index (κ2) is 7.70. The van der Waals surface area contributed by atoms with Gasteiger partial charge in [0.1, 0.15) is 11.5 Å². The maximum Gasteiger partial charge on any atom is 0.119 e. The van der Waals surface area contributed by atoms with E-state index in [-0.39, 0.29) is 0 Å². The Balaban J connectivity index is 1.84. The zero-order valence-corrected chi connectivity index (χ0v) is 12.9. The average Bonchev–Trinajstić information content (AvgIpc) is 2.55. The largest absolute Gasteiger partial charge is 0.497 e. The van der Waals surface area contributed by atoms with Gasteiger partial charge in [-0.3, -0.25) is 0 Å². The predicted molar refractivity (Wildman–Crippen MR) is 86.1 cm³/mol. The Morgan fingerprint density at radius 3 is 2.33 bits per heavy atom. The zero-order chi connectivity index (χ0) is 15.1. The topological polar surface area (TPSA) is 30.5 Å². The van der Waals surface area contributed by atoms with Gasteiger partial charge in [-0.15, -0.1) is 0 Å². The second-order valence-electron chi connectivity index (χ2n) is 5.05. The summed E-state index contributed by atoms with van der Waals surface area (Å²) in [6, 6.07) is 16.7. The fourth-order valence-corrected chi connectivity index (χ4v) is 2.25. The van der Waals surface area contributed by atoms with E-state index < -0.39 is 0 Å². The number of hydrogen-bond acceptors (Lipinski definition) is 3. The highest BCUT2D eigenvalue weighted by Gasteiger charge is 2.05. The van der Waals surface area contributed by atoms with E-state index in [1.807, 2.05) is 24.3 Å². The highest BCUT2D eigenvalue weighted by molar-refractivity contribution is 5.30. The molecule has 2 aromatic carbocycles. The lowest BCUT2D eigenvalue weighted by molar-refractivity contribution is 0.413. The number of rotatable bonds is 7. The molecule has 0 heterocycles. The van der Waals surface area contributed by atoms with Crippen LogP contribution >= 0.6 is 0 Å². The zero-order valence-electron chi connectivity index (χ0n) is 12.9. The fraction of sp³-hybridized carbons (Fsp3) is 0.333. The summed E-state index contributed by atoms with van der Waals surface area (Å²) in [4.78, 5) is 0. The number of methoxy groups -OCH3 is 2. The molecule has 0 spiro atoms. The molecule has 0 aliphatic heterocycles. The molecule has 3 heteroatoms. The molecule has 21 heavy (non-hydrogen) atoms. The first-order chi connectivity index (χ1) is 10.2. The summed E-state index contributed by atoms with van der Waals surface area (Å²) in [6.45, 7) is 3.10. The summed E-state index contributed by atoms with van der Waals surface area (Å²) >= 11 is 0. The molecule has 2 rings (SSSR count). The molecule has 1 unspecified atom stereocenters. The number of nitrogens with one attached hydrogen (secondary N) is 1. The van der Waals surface area contributed by atoms with E-state index in [1.54, 1.807) is 14.2 Å². The molecule has 0 aromatic heterocycles. The molecular formula is C18H23NO2. The third-order valence-corrected chi connectivity index (χ3v) is 3.62. The Morgan fingerprint density at radius 1 is 0.952 bits per heavy atom. The maximum atomic E-state index is 5.26. The minimum Gasteiger partial charge on any atom is -0.497 e. The minimum absolute atomic E-state index is 0.304. The van der Waals surface area contributed by atoms with Gasteiger partial charge >= 0.3 is 0 Å². The van der Waals surface area contributed by atoms with E-state index in [2.05, 4.69) is 36.5 Å². The van der Waals surface area contributed by atoms with Crippen molar-refractivity contribution >= 4 is 0 Å². The third-order valence-electron chi connectivity index (χ3n) is 3.62. The molecule has 0 aliphatic rings. The Hall–Kier alpha value is -2.00. The van der Waals surface area contributed by atoms with Crippen LogP contribution in [-0.4, -0.2) is 20.8 Å². The normalized spacial score (nSPS) is 12.0. The summed E-state index contributed by atoms with van der Waals surface area (Å²) in [5, 5.41) is 3.54. The third kappa shape index (κ3) is 4.50. The van der Waals surface area contributed by atoms with Crippen molar-refractivity contribution in [3.05, 3.63) is 59.7 Å². The van der Waals surface area contributed by atoms with Crippen molar-refractivity contribution in [1.82, 2.24) is 5.32 Å². The standard InChI is InChI=1S/C18H23NO2/c1-14(16-5-4-6-18(13-16)21-3)19-12-11-15-7-9-17(20-2)10-8-15/h4-10,13-14,19H,11-12H2,1-3H3. The van der Waals surface area contributed by atoms with E-state index in [0.717, 1.165) is 24.5 Å². The molecule has 0 saturated heterocycles. The molecule has 3 nitrogen and oxygen atoms in total. The Bertz CT molecular complexity index is 551. The van der Waals surface area contributed by atoms with Crippen molar-refractivity contribution in [2.45, 2.75) is 19.4 Å². The van der Waals surface area contributed by atoms with Crippen LogP contribution in [0.3, 0.4) is 0 Å². The van der Waals surface area contributed by atoms with Crippen molar-refractivity contribution in [2.75, 3.05) is 20.8 Å². The van der Waals surface area contributed by atoms with E-state index in [0.29, 0.717) is 6.04 Å². The van der Waals surface area contributed by atoms with Crippen LogP contribution in [0.25, 0.3) is 0 Å². The van der Waals surface area contributed by atoms with Crippen molar-refractivity contribution < 1.29 is 9.47 Å². The molecule has 0 amide bonds. The van der Waals surface area contributed by atoms with Gasteiger partial charge in [-0.2, -0.15) is 0 Å². The Kier molecular flexibility index (Phi) is 5.64. The molecule has 0 saturated carbocycles. The average molecular weight is 285 g/mol. The van der Waals surface area contributed by atoms with Gasteiger partial charge in [0.15, 0.2) is 0 Å². The molecule has 0 fully saturated rings. The minimum atomic E-state index is 0.304. The van der Waals surface area contributed by atoms with Gasteiger partial charge in [-0.25, -0.2) is 0 Å². The first-order valence-corrected chi connectivity index (χ1v) is 7.23. The molecule has 112 valence electrons. The van der Waals surface area contributed by atoms with E-state index in [1.165, 1.54) is 11.1 Å². The van der Waals surface area contributed by atoms with E-state index in [9.17, 15) is 0 Å². The summed E-state index contributed by atoms with van der Waals surface area (Å²) in [5.41, 5.74) is 2.55. The van der Waals surface area contributed by atoms with Gasteiger partial charge in [0.05, 0.1) is 14.2 Å². The first-order valence-electron chi connectivity index (χ1n) is 7.23. The molecule has 1 N–H and O–H groups in total. The van der Waals surface area contributed by atoms with Crippen molar-refractivity contribution in [1.29, 1.82) is 0 Å². The lowest BCUT2D eigenvalue weighted by Crippen LogP contribution is -2.21. The number of ether oxygens (including phenoxy) is 2. The SMILES string of the molecule is COc1ccc(CCNC(C)c2cccc(OC)c2)cc1. The summed E-state index contributed by atoms with van der Waals surface area (Å²) in [5.74, 6) is 1.80. The highest BCUT2D eigenvalue weighted by atomic mass is 16.5. The van der Waals surface area contributed by atoms with Crippen LogP contribution < -0.4 is 14.8 Å². The summed E-state index contributed by atoms with van der Waals surface area (Å²) < 4.78 is 10.4. The lowest BCUT2D eigenvalue weighted by Gasteiger charge is -2.15. The maximum absolute atomic E-state index is 5.26. The summed E-state index contributed by atoms with van der Waals surface area (Å²) in [7, 11) is 3.38. The number of benzene rings is 2. The van der Waals surface area contributed by atoms with Gasteiger partial charge < -0.3 is 14.8 Å². The molecule has 0 radical (unpaired) electrons. The van der Waals surface area contributed by atoms with Crippen LogP contribution in [0.2, 0.25) is 0 Å². The van der Waals surface area contributed by atoms with Crippen LogP contribution in [0, 0.1) is 0 Å². The Morgan fingerprint density at radius 2 is 1.67 bits per heavy atom. The van der Waals surface area contributed by atoms with Gasteiger partial charge in [0.25, 0.3) is 0 Å². The van der Waals surface area contributed by atoms with Gasteiger partial charge in [-0.1, -0.05) is 24.3 Å². The molecule has 2 aromatic rings. The molecular weight excluding hydrogens is 262 g/mol. The lowest BCUT2D eigenvalue weighted by atomic mass is 10.1. The van der Waals surface area contributed by atoms with Crippen LogP contribution in [0.15, 0.2) is 48.5 Å². The van der Waals surface area contributed by atoms with Crippen LogP contribution in [0.4, 0.5) is 0 Å². The highest BCUT2D eigenvalue weighted by Crippen LogP contribution is 2.18. The van der Waals surface area contributed by atoms with E-state index >= 15 is 0 Å². The monoisotopic (exact) mass is 285 g/mol. The molecule has 1 atom stereocenters. The quantitative estimate of drug-likeness (QED) is 0.843. The number of hydrogen-bond donors (Lipinski definition) is 1. The predicted octanol–water partition coefficient (Wildman–Crippen LogP) is 3.60. The first kappa shape index (κ1) is 15.4. The Labute approximate surface area is 126 Å². The molecule has 0 bridgehead atoms. The van der Waals surface area contributed by atoms with Crippen LogP contribution in [-0.2, 0) is 6.42 Å². The van der Waals surface area contributed by atoms with Crippen LogP contribution in [0.1, 0.15) is 24.1 Å².